The molecule has 0 nitrogen and oxygen atoms in total. The standard InChI is InChI=1S/2C13H10.2C11H17.2C9H11.2ClH.2Zr/c2*1-3-7-12(8-4-1)11-13-9-5-2-6-10-13;2*1-8(2)10-6-5-7-11(10)9(3)4;2*1-2-5-9-7-3-6-8(9)4-1;;;;/h2*1-10H;2*6,8-9H,7H2,1-4H3;2*3,6-7H,1-2,4-5H2;2*1H;;/q;;4*-1;;;2*+2/p-2. The number of halogens is 2. The van der Waals surface area contributed by atoms with Gasteiger partial charge < -0.3 is 24.8 Å². The molecule has 70 heavy (non-hydrogen) atoms. The number of hydrogen-bond acceptors (Lipinski definition) is 0. The fraction of sp³-hybridized carbons (Fsp3) is 0.333. The Kier molecular flexibility index (Phi) is 29.0. The molecule has 0 bridgehead atoms. The fourth-order valence-electron chi connectivity index (χ4n) is 9.06. The molecule has 0 fully saturated rings. The summed E-state index contributed by atoms with van der Waals surface area (Å²) < 4.78 is 2.83. The number of hydrogen-bond donors (Lipinski definition) is 0. The molecule has 364 valence electrons. The summed E-state index contributed by atoms with van der Waals surface area (Å²) in [5.74, 6) is 2.72. The van der Waals surface area contributed by atoms with Gasteiger partial charge in [0.2, 0.25) is 0 Å². The van der Waals surface area contributed by atoms with E-state index in [2.05, 4.69) is 237 Å². The van der Waals surface area contributed by atoms with Crippen molar-refractivity contribution in [2.24, 2.45) is 23.7 Å². The van der Waals surface area contributed by atoms with Crippen LogP contribution in [-0.4, -0.2) is 6.41 Å². The summed E-state index contributed by atoms with van der Waals surface area (Å²) in [6.07, 6.45) is 23.9. The Morgan fingerprint density at radius 2 is 0.686 bits per heavy atom. The predicted octanol–water partition coefficient (Wildman–Crippen LogP) is 10.9. The second-order valence-corrected chi connectivity index (χ2v) is 21.9. The molecule has 4 aliphatic rings. The molecular formula is C66H76Cl2Zr2-2. The van der Waals surface area contributed by atoms with Gasteiger partial charge in [0.05, 0.1) is 0 Å². The maximum Gasteiger partial charge on any atom is -0.0512 e. The third-order valence-electron chi connectivity index (χ3n) is 13.0. The monoisotopic (exact) mass is 1120 g/mol. The molecule has 0 N–H and O–H groups in total. The molecule has 0 saturated heterocycles. The topological polar surface area (TPSA) is 0 Å². The van der Waals surface area contributed by atoms with Crippen molar-refractivity contribution in [3.63, 3.8) is 0 Å². The van der Waals surface area contributed by atoms with E-state index in [1.54, 1.807) is 33.4 Å². The molecule has 0 aromatic heterocycles. The number of benzene rings is 4. The third-order valence-corrected chi connectivity index (χ3v) is 15.9. The van der Waals surface area contributed by atoms with E-state index in [0.29, 0.717) is 23.7 Å². The van der Waals surface area contributed by atoms with E-state index >= 15 is 0 Å². The molecule has 0 aliphatic heterocycles. The Bertz CT molecular complexity index is 2220. The minimum atomic E-state index is 0. The zero-order valence-corrected chi connectivity index (χ0v) is 49.7. The summed E-state index contributed by atoms with van der Waals surface area (Å²) in [6.45, 7) is 18.1. The van der Waals surface area contributed by atoms with Gasteiger partial charge in [-0.2, -0.15) is 68.8 Å². The third kappa shape index (κ3) is 19.9. The van der Waals surface area contributed by atoms with Crippen LogP contribution in [-0.2, 0) is 74.2 Å². The van der Waals surface area contributed by atoms with Crippen LogP contribution < -0.4 is 24.8 Å². The van der Waals surface area contributed by atoms with Crippen LogP contribution >= 0.6 is 0 Å². The molecule has 4 heteroatoms. The van der Waals surface area contributed by atoms with E-state index in [4.69, 9.17) is 0 Å². The summed E-state index contributed by atoms with van der Waals surface area (Å²) in [5, 5.41) is 0. The van der Waals surface area contributed by atoms with Crippen molar-refractivity contribution in [3.05, 3.63) is 249 Å². The average Bonchev–Trinajstić information content (AvgIpc) is 4.24. The molecular weight excluding hydrogens is 1050 g/mol. The minimum absolute atomic E-state index is 0. The second-order valence-electron chi connectivity index (χ2n) is 19.4. The minimum Gasteiger partial charge on any atom is -0.210 e. The first kappa shape index (κ1) is 60.9. The summed E-state index contributed by atoms with van der Waals surface area (Å²) in [4.78, 5) is 0. The van der Waals surface area contributed by atoms with Gasteiger partial charge in [0, 0.05) is 0 Å². The predicted molar refractivity (Wildman–Crippen MR) is 288 cm³/mol. The molecule has 0 radical (unpaired) electrons. The average molecular weight is 1120 g/mol. The number of fused-ring (bicyclic) bond motifs is 2. The van der Waals surface area contributed by atoms with Crippen molar-refractivity contribution in [3.8, 4) is 0 Å². The first-order chi connectivity index (χ1) is 32.9. The molecule has 0 spiro atoms. The molecule has 0 heterocycles. The smallest absolute Gasteiger partial charge is 0.0512 e. The van der Waals surface area contributed by atoms with Crippen LogP contribution in [0.4, 0.5) is 0 Å². The van der Waals surface area contributed by atoms with E-state index in [1.807, 2.05) is 0 Å². The van der Waals surface area contributed by atoms with Gasteiger partial charge in [-0.05, 0) is 11.8 Å². The summed E-state index contributed by atoms with van der Waals surface area (Å²) in [7, 11) is 0. The Hall–Kier alpha value is -3.37. The van der Waals surface area contributed by atoms with Gasteiger partial charge in [0.15, 0.2) is 0 Å². The van der Waals surface area contributed by atoms with Crippen LogP contribution in [0.2, 0.25) is 0 Å². The van der Waals surface area contributed by atoms with E-state index in [9.17, 15) is 0 Å². The van der Waals surface area contributed by atoms with E-state index in [-0.39, 0.29) is 24.8 Å². The second kappa shape index (κ2) is 33.4. The Morgan fingerprint density at radius 1 is 0.400 bits per heavy atom. The Morgan fingerprint density at radius 3 is 0.929 bits per heavy atom. The molecule has 0 atom stereocenters. The zero-order valence-electron chi connectivity index (χ0n) is 43.3. The van der Waals surface area contributed by atoms with Crippen LogP contribution in [0.3, 0.4) is 0 Å². The zero-order chi connectivity index (χ0) is 48.7. The van der Waals surface area contributed by atoms with Gasteiger partial charge >= 0.3 is 198 Å². The molecule has 6 aromatic rings. The van der Waals surface area contributed by atoms with Gasteiger partial charge in [-0.1, -0.05) is 119 Å². The van der Waals surface area contributed by atoms with Crippen molar-refractivity contribution in [2.45, 2.75) is 120 Å². The van der Waals surface area contributed by atoms with Crippen LogP contribution in [0.15, 0.2) is 192 Å². The summed E-state index contributed by atoms with van der Waals surface area (Å²) >= 11 is 2.92. The Labute approximate surface area is 467 Å². The SMILES string of the molecule is CC(C)C1=C(C(C)C)C[C-]=C1.CC(C)C1=C(C(C)C)C[C-]=C1.[Cl-].[Cl-].[Zr+2]=[C](c1ccccc1)c1ccccc1.[Zr+2]=[C](c1ccccc1)c1ccccc1.c1cc2c([cH-]1)CCCC2.c1cc2c([cH-]1)CCCC2. The molecule has 0 saturated carbocycles. The molecule has 6 aromatic carbocycles. The molecule has 0 unspecified atom stereocenters. The molecule has 4 aliphatic carbocycles. The van der Waals surface area contributed by atoms with Crippen molar-refractivity contribution in [2.75, 3.05) is 0 Å². The quantitative estimate of drug-likeness (QED) is 0.133. The van der Waals surface area contributed by atoms with Crippen molar-refractivity contribution in [1.29, 1.82) is 0 Å². The maximum absolute atomic E-state index is 3.29. The Balaban J connectivity index is 0.000000223. The summed E-state index contributed by atoms with van der Waals surface area (Å²) in [5.41, 5.74) is 17.9. The molecule has 0 amide bonds. The normalized spacial score (nSPS) is 13.9. The largest absolute Gasteiger partial charge is 0.210 e. The van der Waals surface area contributed by atoms with Crippen molar-refractivity contribution < 1.29 is 73.3 Å². The van der Waals surface area contributed by atoms with E-state index in [1.165, 1.54) is 140 Å². The van der Waals surface area contributed by atoms with Crippen LogP contribution in [0.5, 0.6) is 0 Å². The number of aryl methyl sites for hydroxylation is 4. The van der Waals surface area contributed by atoms with Crippen molar-refractivity contribution in [1.82, 2.24) is 0 Å². The molecule has 10 rings (SSSR count). The first-order valence-corrected chi connectivity index (χ1v) is 27.8. The first-order valence-electron chi connectivity index (χ1n) is 25.4. The van der Waals surface area contributed by atoms with Gasteiger partial charge in [0.1, 0.15) is 0 Å². The van der Waals surface area contributed by atoms with Gasteiger partial charge in [0.25, 0.3) is 0 Å². The van der Waals surface area contributed by atoms with Crippen molar-refractivity contribution >= 4 is 6.41 Å². The van der Waals surface area contributed by atoms with Crippen LogP contribution in [0, 0.1) is 35.8 Å². The maximum atomic E-state index is 3.29. The van der Waals surface area contributed by atoms with Gasteiger partial charge in [-0.3, -0.25) is 12.2 Å². The van der Waals surface area contributed by atoms with Gasteiger partial charge in [-0.15, -0.1) is 12.8 Å². The van der Waals surface area contributed by atoms with E-state index in [0.717, 1.165) is 12.8 Å². The van der Waals surface area contributed by atoms with Crippen LogP contribution in [0.1, 0.15) is 138 Å². The van der Waals surface area contributed by atoms with Crippen LogP contribution in [0.25, 0.3) is 0 Å². The number of rotatable bonds is 8. The van der Waals surface area contributed by atoms with E-state index < -0.39 is 0 Å². The summed E-state index contributed by atoms with van der Waals surface area (Å²) in [6, 6.07) is 55.6. The fourth-order valence-corrected chi connectivity index (χ4v) is 10.7. The van der Waals surface area contributed by atoms with Gasteiger partial charge in [-0.25, -0.2) is 24.3 Å². The number of allylic oxidation sites excluding steroid dienone is 8.